The average molecular weight is 506 g/mol. The summed E-state index contributed by atoms with van der Waals surface area (Å²) < 4.78 is 2.16. The Morgan fingerprint density at radius 2 is 1.94 bits per heavy atom. The molecule has 9 nitrogen and oxygen atoms in total. The molecule has 0 amide bonds. The van der Waals surface area contributed by atoms with Crippen LogP contribution in [0.25, 0.3) is 0 Å². The van der Waals surface area contributed by atoms with E-state index in [0.717, 1.165) is 42.3 Å². The zero-order valence-electron chi connectivity index (χ0n) is 17.6. The number of nitrogens with zero attached hydrogens (tertiary/aromatic N) is 7. The number of aromatic nitrogens is 2. The highest BCUT2D eigenvalue weighted by molar-refractivity contribution is 7.18. The highest BCUT2D eigenvalue weighted by atomic mass is 79.9. The van der Waals surface area contributed by atoms with Gasteiger partial charge in [-0.25, -0.2) is 9.55 Å². The lowest BCUT2D eigenvalue weighted by atomic mass is 10.2. The summed E-state index contributed by atoms with van der Waals surface area (Å²) in [5.74, 6) is 0. The number of rotatable bonds is 9. The minimum absolute atomic E-state index is 0. The third-order valence-corrected chi connectivity index (χ3v) is 5.33. The van der Waals surface area contributed by atoms with E-state index < -0.39 is 4.92 Å². The maximum absolute atomic E-state index is 10.8. The van der Waals surface area contributed by atoms with Gasteiger partial charge in [0.25, 0.3) is 0 Å². The lowest BCUT2D eigenvalue weighted by molar-refractivity contribution is -0.694. The van der Waals surface area contributed by atoms with E-state index in [9.17, 15) is 10.1 Å². The van der Waals surface area contributed by atoms with Gasteiger partial charge in [0.1, 0.15) is 11.9 Å². The van der Waals surface area contributed by atoms with Gasteiger partial charge in [-0.05, 0) is 36.5 Å². The molecule has 0 saturated heterocycles. The molecular formula is C20H24BrN7O2S. The van der Waals surface area contributed by atoms with Gasteiger partial charge in [-0.1, -0.05) is 6.07 Å². The van der Waals surface area contributed by atoms with Gasteiger partial charge in [-0.2, -0.15) is 0 Å². The SMILES string of the molecule is CCN(CC[n+]1ccccc1)c1ccc(/N=N/c2ncc([N+](=O)[O-])s2)c(N(C)C)c1.[Br-]. The first-order valence-electron chi connectivity index (χ1n) is 9.50. The molecule has 0 aliphatic carbocycles. The van der Waals surface area contributed by atoms with E-state index in [-0.39, 0.29) is 27.1 Å². The molecule has 11 heteroatoms. The van der Waals surface area contributed by atoms with Crippen LogP contribution in [0.15, 0.2) is 65.2 Å². The maximum atomic E-state index is 10.8. The Bertz CT molecular complexity index is 1030. The number of thiazole rings is 1. The molecule has 3 rings (SSSR count). The predicted octanol–water partition coefficient (Wildman–Crippen LogP) is 1.35. The van der Waals surface area contributed by atoms with Gasteiger partial charge in [0, 0.05) is 38.5 Å². The third-order valence-electron chi connectivity index (χ3n) is 4.50. The number of nitro groups is 1. The van der Waals surface area contributed by atoms with E-state index >= 15 is 0 Å². The lowest BCUT2D eigenvalue weighted by Gasteiger charge is -2.24. The number of hydrogen-bond donors (Lipinski definition) is 0. The summed E-state index contributed by atoms with van der Waals surface area (Å²) in [7, 11) is 3.89. The summed E-state index contributed by atoms with van der Waals surface area (Å²) in [4.78, 5) is 18.5. The number of anilines is 2. The average Bonchev–Trinajstić information content (AvgIpc) is 3.23. The van der Waals surface area contributed by atoms with Crippen molar-refractivity contribution in [1.29, 1.82) is 0 Å². The van der Waals surface area contributed by atoms with Crippen molar-refractivity contribution >= 4 is 38.5 Å². The predicted molar refractivity (Wildman–Crippen MR) is 118 cm³/mol. The summed E-state index contributed by atoms with van der Waals surface area (Å²) in [6.45, 7) is 4.77. The summed E-state index contributed by atoms with van der Waals surface area (Å²) in [6.07, 6.45) is 5.32. The third kappa shape index (κ3) is 6.53. The molecule has 0 N–H and O–H groups in total. The van der Waals surface area contributed by atoms with Gasteiger partial charge >= 0.3 is 5.00 Å². The van der Waals surface area contributed by atoms with Gasteiger partial charge in [0.05, 0.1) is 17.2 Å². The van der Waals surface area contributed by atoms with Crippen molar-refractivity contribution in [3.05, 3.63) is 65.1 Å². The van der Waals surface area contributed by atoms with Gasteiger partial charge in [-0.15, -0.1) is 10.2 Å². The zero-order chi connectivity index (χ0) is 21.5. The van der Waals surface area contributed by atoms with E-state index in [1.807, 2.05) is 49.3 Å². The van der Waals surface area contributed by atoms with E-state index in [1.165, 1.54) is 6.20 Å². The Morgan fingerprint density at radius 1 is 1.19 bits per heavy atom. The summed E-state index contributed by atoms with van der Waals surface area (Å²) in [5, 5.41) is 19.4. The van der Waals surface area contributed by atoms with Crippen LogP contribution in [0, 0.1) is 10.1 Å². The Balaban J connectivity index is 0.00000341. The van der Waals surface area contributed by atoms with Crippen molar-refractivity contribution < 1.29 is 26.5 Å². The van der Waals surface area contributed by atoms with Crippen LogP contribution in [0.2, 0.25) is 0 Å². The fourth-order valence-electron chi connectivity index (χ4n) is 2.92. The number of halogens is 1. The van der Waals surface area contributed by atoms with Crippen molar-refractivity contribution in [2.24, 2.45) is 10.2 Å². The molecule has 164 valence electrons. The topological polar surface area (TPSA) is 91.1 Å². The van der Waals surface area contributed by atoms with Gasteiger partial charge < -0.3 is 26.8 Å². The smallest absolute Gasteiger partial charge is 0.345 e. The first-order chi connectivity index (χ1) is 14.5. The van der Waals surface area contributed by atoms with Crippen LogP contribution in [0.1, 0.15) is 6.92 Å². The lowest BCUT2D eigenvalue weighted by Crippen LogP contribution is -3.00. The first kappa shape index (κ1) is 24.4. The molecule has 3 aromatic rings. The molecule has 0 radical (unpaired) electrons. The molecular weight excluding hydrogens is 482 g/mol. The van der Waals surface area contributed by atoms with Crippen LogP contribution in [-0.2, 0) is 6.54 Å². The molecule has 0 bridgehead atoms. The minimum Gasteiger partial charge on any atom is -1.00 e. The first-order valence-corrected chi connectivity index (χ1v) is 10.3. The van der Waals surface area contributed by atoms with E-state index in [2.05, 4.69) is 50.1 Å². The number of pyridine rings is 1. The van der Waals surface area contributed by atoms with Crippen molar-refractivity contribution in [1.82, 2.24) is 4.98 Å². The quantitative estimate of drug-likeness (QED) is 0.189. The second kappa shape index (κ2) is 11.5. The molecule has 0 aliphatic rings. The molecule has 0 fully saturated rings. The Morgan fingerprint density at radius 3 is 2.55 bits per heavy atom. The van der Waals surface area contributed by atoms with Gasteiger partial charge in [-0.3, -0.25) is 10.1 Å². The van der Waals surface area contributed by atoms with Crippen LogP contribution in [0.4, 0.5) is 27.2 Å². The highest BCUT2D eigenvalue weighted by Crippen LogP contribution is 2.34. The van der Waals surface area contributed by atoms with Crippen LogP contribution >= 0.6 is 11.3 Å². The normalized spacial score (nSPS) is 10.7. The Kier molecular flexibility index (Phi) is 9.01. The van der Waals surface area contributed by atoms with Crippen LogP contribution in [0.3, 0.4) is 0 Å². The molecule has 2 aromatic heterocycles. The number of azo groups is 1. The van der Waals surface area contributed by atoms with Gasteiger partial charge in [0.2, 0.25) is 5.13 Å². The zero-order valence-corrected chi connectivity index (χ0v) is 20.0. The van der Waals surface area contributed by atoms with Crippen molar-refractivity contribution in [3.8, 4) is 0 Å². The van der Waals surface area contributed by atoms with Crippen LogP contribution in [-0.4, -0.2) is 37.1 Å². The monoisotopic (exact) mass is 505 g/mol. The molecule has 0 atom stereocenters. The standard InChI is InChI=1S/C20H24N7O2S.BrH/c1-4-26(13-12-25-10-6-5-7-11-25)16-8-9-17(18(14-16)24(2)3)22-23-20-21-15-19(30-20)27(28)29;/h5-11,14-15H,4,12-13H2,1-3H3;1H/q+1;/p-1/b23-22+;. The largest absolute Gasteiger partial charge is 1.00 e. The molecule has 2 heterocycles. The fourth-order valence-corrected chi connectivity index (χ4v) is 3.48. The fraction of sp³-hybridized carbons (Fsp3) is 0.300. The van der Waals surface area contributed by atoms with Gasteiger partial charge in [0.15, 0.2) is 18.9 Å². The van der Waals surface area contributed by atoms with E-state index in [1.54, 1.807) is 0 Å². The molecule has 0 saturated carbocycles. The summed E-state index contributed by atoms with van der Waals surface area (Å²) in [5.41, 5.74) is 2.68. The maximum Gasteiger partial charge on any atom is 0.345 e. The van der Waals surface area contributed by atoms with Crippen LogP contribution in [0.5, 0.6) is 0 Å². The molecule has 31 heavy (non-hydrogen) atoms. The van der Waals surface area contributed by atoms with Crippen molar-refractivity contribution in [3.63, 3.8) is 0 Å². The minimum atomic E-state index is -0.482. The number of hydrogen-bond acceptors (Lipinski definition) is 8. The number of likely N-dealkylation sites (N-methyl/N-ethyl adjacent to an activating group) is 1. The van der Waals surface area contributed by atoms with E-state index in [0.29, 0.717) is 5.69 Å². The van der Waals surface area contributed by atoms with E-state index in [4.69, 9.17) is 0 Å². The second-order valence-electron chi connectivity index (χ2n) is 6.70. The van der Waals surface area contributed by atoms with Crippen LogP contribution < -0.4 is 31.3 Å². The summed E-state index contributed by atoms with van der Waals surface area (Å²) >= 11 is 0.896. The van der Waals surface area contributed by atoms with Crippen molar-refractivity contribution in [2.75, 3.05) is 37.0 Å². The second-order valence-corrected chi connectivity index (χ2v) is 7.69. The molecule has 0 spiro atoms. The Hall–Kier alpha value is -2.92. The summed E-state index contributed by atoms with van der Waals surface area (Å²) in [6, 6.07) is 12.1. The number of benzene rings is 1. The van der Waals surface area contributed by atoms with Crippen molar-refractivity contribution in [2.45, 2.75) is 13.5 Å². The Labute approximate surface area is 195 Å². The highest BCUT2D eigenvalue weighted by Gasteiger charge is 2.13. The molecule has 0 aliphatic heterocycles. The molecule has 0 unspecified atom stereocenters. The molecule has 1 aromatic carbocycles.